The van der Waals surface area contributed by atoms with Crippen LogP contribution in [0.4, 0.5) is 0 Å². The molecule has 0 aromatic carbocycles. The number of rotatable bonds is 2. The van der Waals surface area contributed by atoms with E-state index in [1.165, 1.54) is 0 Å². The van der Waals surface area contributed by atoms with Gasteiger partial charge in [0.25, 0.3) is 0 Å². The average molecular weight is 237 g/mol. The van der Waals surface area contributed by atoms with E-state index >= 15 is 0 Å². The summed E-state index contributed by atoms with van der Waals surface area (Å²) in [5.74, 6) is 0. The van der Waals surface area contributed by atoms with Crippen molar-refractivity contribution in [2.75, 3.05) is 6.61 Å². The van der Waals surface area contributed by atoms with Crippen molar-refractivity contribution in [3.8, 4) is 0 Å². The van der Waals surface area contributed by atoms with Crippen molar-refractivity contribution in [3.05, 3.63) is 29.6 Å². The summed E-state index contributed by atoms with van der Waals surface area (Å²) in [4.78, 5) is 4.27. The Hall–Kier alpha value is -1.01. The fraction of sp³-hybridized carbons (Fsp3) is 0.583. The van der Waals surface area contributed by atoms with Crippen molar-refractivity contribution >= 4 is 0 Å². The van der Waals surface area contributed by atoms with Crippen molar-refractivity contribution in [2.45, 2.75) is 37.4 Å². The van der Waals surface area contributed by atoms with Crippen LogP contribution in [0, 0.1) is 0 Å². The molecule has 92 valence electrons. The second-order valence-corrected chi connectivity index (χ2v) is 4.63. The molecule has 2 aliphatic rings. The molecule has 2 aliphatic heterocycles. The molecule has 5 heteroatoms. The van der Waals surface area contributed by atoms with Crippen LogP contribution in [0.3, 0.4) is 0 Å². The molecular weight excluding hydrogens is 222 g/mol. The first-order valence-corrected chi connectivity index (χ1v) is 5.76. The Morgan fingerprint density at radius 1 is 1.41 bits per heavy atom. The standard InChI is InChI=1S/C12H15NO4/c14-6-8-2-1-3-10(13-8)12(15)4-9-7-16-11(5-12)17-9/h1-3,9,11,14-15H,4-7H2. The van der Waals surface area contributed by atoms with Gasteiger partial charge in [-0.2, -0.15) is 0 Å². The average Bonchev–Trinajstić information content (AvgIpc) is 2.69. The maximum atomic E-state index is 10.6. The molecule has 2 bridgehead atoms. The zero-order valence-electron chi connectivity index (χ0n) is 9.37. The number of hydrogen-bond acceptors (Lipinski definition) is 5. The highest BCUT2D eigenvalue weighted by atomic mass is 16.7. The van der Waals surface area contributed by atoms with E-state index in [1.54, 1.807) is 18.2 Å². The number of nitrogens with zero attached hydrogens (tertiary/aromatic N) is 1. The quantitative estimate of drug-likeness (QED) is 0.774. The number of aliphatic hydroxyl groups is 2. The van der Waals surface area contributed by atoms with Crippen LogP contribution in [0.1, 0.15) is 24.2 Å². The van der Waals surface area contributed by atoms with Gasteiger partial charge in [-0.1, -0.05) is 6.07 Å². The number of ether oxygens (including phenoxy) is 2. The lowest BCUT2D eigenvalue weighted by molar-refractivity contribution is -0.160. The smallest absolute Gasteiger partial charge is 0.161 e. The second-order valence-electron chi connectivity index (χ2n) is 4.63. The third kappa shape index (κ3) is 1.95. The highest BCUT2D eigenvalue weighted by molar-refractivity contribution is 5.18. The molecular formula is C12H15NO4. The predicted octanol–water partition coefficient (Wildman–Crippen LogP) is 0.297. The summed E-state index contributed by atoms with van der Waals surface area (Å²) >= 11 is 0. The fourth-order valence-electron chi connectivity index (χ4n) is 2.49. The van der Waals surface area contributed by atoms with Crippen LogP contribution in [0.25, 0.3) is 0 Å². The van der Waals surface area contributed by atoms with Crippen LogP contribution in [-0.4, -0.2) is 34.2 Å². The molecule has 2 fully saturated rings. The Morgan fingerprint density at radius 3 is 3.06 bits per heavy atom. The van der Waals surface area contributed by atoms with Crippen molar-refractivity contribution in [1.82, 2.24) is 4.98 Å². The van der Waals surface area contributed by atoms with E-state index in [9.17, 15) is 5.11 Å². The number of aliphatic hydroxyl groups excluding tert-OH is 1. The van der Waals surface area contributed by atoms with Crippen LogP contribution in [0.15, 0.2) is 18.2 Å². The molecule has 0 spiro atoms. The highest BCUT2D eigenvalue weighted by Crippen LogP contribution is 2.40. The molecule has 1 aromatic rings. The van der Waals surface area contributed by atoms with Crippen LogP contribution in [-0.2, 0) is 21.7 Å². The largest absolute Gasteiger partial charge is 0.390 e. The van der Waals surface area contributed by atoms with Gasteiger partial charge in [0, 0.05) is 12.8 Å². The first-order chi connectivity index (χ1) is 8.19. The first kappa shape index (κ1) is 11.1. The number of hydrogen-bond donors (Lipinski definition) is 2. The van der Waals surface area contributed by atoms with E-state index in [2.05, 4.69) is 4.98 Å². The van der Waals surface area contributed by atoms with Gasteiger partial charge in [0.05, 0.1) is 30.7 Å². The van der Waals surface area contributed by atoms with Gasteiger partial charge in [-0.3, -0.25) is 4.98 Å². The topological polar surface area (TPSA) is 71.8 Å². The second kappa shape index (κ2) is 4.03. The van der Waals surface area contributed by atoms with E-state index in [0.29, 0.717) is 30.8 Å². The molecule has 0 radical (unpaired) electrons. The normalized spacial score (nSPS) is 36.1. The maximum Gasteiger partial charge on any atom is 0.161 e. The van der Waals surface area contributed by atoms with Crippen molar-refractivity contribution in [3.63, 3.8) is 0 Å². The lowest BCUT2D eigenvalue weighted by Crippen LogP contribution is -2.40. The maximum absolute atomic E-state index is 10.6. The molecule has 0 saturated carbocycles. The molecule has 17 heavy (non-hydrogen) atoms. The van der Waals surface area contributed by atoms with Crippen LogP contribution in [0.5, 0.6) is 0 Å². The summed E-state index contributed by atoms with van der Waals surface area (Å²) in [6.07, 6.45) is 0.494. The molecule has 3 rings (SSSR count). The van der Waals surface area contributed by atoms with Gasteiger partial charge in [-0.15, -0.1) is 0 Å². The zero-order valence-corrected chi connectivity index (χ0v) is 9.37. The lowest BCUT2D eigenvalue weighted by Gasteiger charge is -2.34. The molecule has 2 saturated heterocycles. The lowest BCUT2D eigenvalue weighted by atomic mass is 9.87. The molecule has 3 unspecified atom stereocenters. The number of fused-ring (bicyclic) bond motifs is 2. The van der Waals surface area contributed by atoms with Gasteiger partial charge in [0.1, 0.15) is 5.60 Å². The van der Waals surface area contributed by atoms with Gasteiger partial charge in [-0.25, -0.2) is 0 Å². The van der Waals surface area contributed by atoms with Gasteiger partial charge in [0.2, 0.25) is 0 Å². The monoisotopic (exact) mass is 237 g/mol. The van der Waals surface area contributed by atoms with Crippen molar-refractivity contribution < 1.29 is 19.7 Å². The fourth-order valence-corrected chi connectivity index (χ4v) is 2.49. The Morgan fingerprint density at radius 2 is 2.29 bits per heavy atom. The Bertz CT molecular complexity index is 411. The molecule has 0 aliphatic carbocycles. The minimum Gasteiger partial charge on any atom is -0.390 e. The third-order valence-corrected chi connectivity index (χ3v) is 3.33. The minimum absolute atomic E-state index is 0.0571. The Kier molecular flexibility index (Phi) is 2.63. The zero-order chi connectivity index (χ0) is 11.9. The van der Waals surface area contributed by atoms with Crippen LogP contribution >= 0.6 is 0 Å². The van der Waals surface area contributed by atoms with Gasteiger partial charge in [-0.05, 0) is 12.1 Å². The van der Waals surface area contributed by atoms with E-state index in [0.717, 1.165) is 0 Å². The molecule has 2 N–H and O–H groups in total. The SMILES string of the molecule is OCc1cccc(C2(O)CC3COC(C2)O3)n1. The minimum atomic E-state index is -1.00. The summed E-state index contributed by atoms with van der Waals surface area (Å²) < 4.78 is 10.9. The van der Waals surface area contributed by atoms with Gasteiger partial charge in [0.15, 0.2) is 6.29 Å². The predicted molar refractivity (Wildman–Crippen MR) is 57.9 cm³/mol. The molecule has 1 aromatic heterocycles. The van der Waals surface area contributed by atoms with Crippen molar-refractivity contribution in [1.29, 1.82) is 0 Å². The van der Waals surface area contributed by atoms with Crippen molar-refractivity contribution in [2.24, 2.45) is 0 Å². The Balaban J connectivity index is 1.91. The summed E-state index contributed by atoms with van der Waals surface area (Å²) in [6, 6.07) is 5.31. The van der Waals surface area contributed by atoms with E-state index < -0.39 is 5.60 Å². The summed E-state index contributed by atoms with van der Waals surface area (Å²) in [6.45, 7) is 0.413. The van der Waals surface area contributed by atoms with E-state index in [1.807, 2.05) is 0 Å². The highest BCUT2D eigenvalue weighted by Gasteiger charge is 2.46. The molecule has 3 atom stereocenters. The number of pyridine rings is 1. The third-order valence-electron chi connectivity index (χ3n) is 3.33. The molecule has 5 nitrogen and oxygen atoms in total. The first-order valence-electron chi connectivity index (χ1n) is 5.76. The van der Waals surface area contributed by atoms with Gasteiger partial charge >= 0.3 is 0 Å². The summed E-state index contributed by atoms with van der Waals surface area (Å²) in [5, 5.41) is 19.7. The number of aromatic nitrogens is 1. The Labute approximate surface area is 99.0 Å². The van der Waals surface area contributed by atoms with Crippen LogP contribution in [0.2, 0.25) is 0 Å². The van der Waals surface area contributed by atoms with E-state index in [-0.39, 0.29) is 19.0 Å². The molecule has 3 heterocycles. The van der Waals surface area contributed by atoms with Crippen LogP contribution < -0.4 is 0 Å². The summed E-state index contributed by atoms with van der Waals surface area (Å²) in [5.41, 5.74) is 0.151. The van der Waals surface area contributed by atoms with Gasteiger partial charge < -0.3 is 19.7 Å². The summed E-state index contributed by atoms with van der Waals surface area (Å²) in [7, 11) is 0. The van der Waals surface area contributed by atoms with E-state index in [4.69, 9.17) is 14.6 Å². The molecule has 0 amide bonds.